The number of alkyl halides is 1. The molecule has 0 aliphatic carbocycles. The van der Waals surface area contributed by atoms with Crippen LogP contribution in [-0.2, 0) is 20.7 Å². The summed E-state index contributed by atoms with van der Waals surface area (Å²) < 4.78 is 45.4. The Labute approximate surface area is 208 Å². The minimum absolute atomic E-state index is 0.00358. The van der Waals surface area contributed by atoms with Gasteiger partial charge in [-0.3, -0.25) is 20.3 Å². The summed E-state index contributed by atoms with van der Waals surface area (Å²) in [7, 11) is 1.35. The van der Waals surface area contributed by atoms with Crippen LogP contribution in [0, 0.1) is 11.2 Å². The molecule has 0 saturated carbocycles. The zero-order valence-electron chi connectivity index (χ0n) is 20.4. The van der Waals surface area contributed by atoms with Gasteiger partial charge in [0.1, 0.15) is 24.7 Å². The summed E-state index contributed by atoms with van der Waals surface area (Å²) in [6.07, 6.45) is -2.81. The Morgan fingerprint density at radius 2 is 2.14 bits per heavy atom. The van der Waals surface area contributed by atoms with Crippen molar-refractivity contribution >= 4 is 46.3 Å². The van der Waals surface area contributed by atoms with Gasteiger partial charge in [0.15, 0.2) is 22.7 Å². The molecule has 6 rings (SSSR count). The van der Waals surface area contributed by atoms with Crippen LogP contribution in [0.2, 0.25) is 0 Å². The van der Waals surface area contributed by atoms with Gasteiger partial charge in [0, 0.05) is 20.0 Å². The van der Waals surface area contributed by atoms with Crippen molar-refractivity contribution in [1.29, 1.82) is 0 Å². The van der Waals surface area contributed by atoms with Crippen LogP contribution < -0.4 is 20.4 Å². The number of amidine groups is 1. The van der Waals surface area contributed by atoms with Crippen LogP contribution >= 0.6 is 0 Å². The maximum absolute atomic E-state index is 16.2. The number of carbonyl (C=O) groups is 3. The predicted octanol–water partition coefficient (Wildman–Crippen LogP) is 2.00. The van der Waals surface area contributed by atoms with E-state index in [0.717, 1.165) is 4.90 Å². The van der Waals surface area contributed by atoms with E-state index in [9.17, 15) is 18.8 Å². The second-order valence-corrected chi connectivity index (χ2v) is 9.87. The Hall–Kier alpha value is -3.81. The van der Waals surface area contributed by atoms with Gasteiger partial charge in [-0.15, -0.1) is 0 Å². The number of halogens is 2. The van der Waals surface area contributed by atoms with E-state index >= 15 is 4.39 Å². The van der Waals surface area contributed by atoms with E-state index in [1.54, 1.807) is 17.9 Å². The van der Waals surface area contributed by atoms with E-state index < -0.39 is 53.8 Å². The topological polar surface area (TPSA) is 139 Å². The van der Waals surface area contributed by atoms with Crippen LogP contribution in [0.3, 0.4) is 0 Å². The van der Waals surface area contributed by atoms with E-state index in [0.29, 0.717) is 5.56 Å². The fourth-order valence-corrected chi connectivity index (χ4v) is 6.02. The second kappa shape index (κ2) is 7.60. The lowest BCUT2D eigenvalue weighted by molar-refractivity contribution is -0.147. The third-order valence-corrected chi connectivity index (χ3v) is 7.59. The summed E-state index contributed by atoms with van der Waals surface area (Å²) in [6.45, 7) is 4.34. The lowest BCUT2D eigenvalue weighted by Crippen LogP contribution is -2.86. The van der Waals surface area contributed by atoms with Crippen LogP contribution in [0.1, 0.15) is 26.3 Å². The number of hydrogen-bond donors (Lipinski definition) is 2. The SMILES string of the molecule is C[C@@H]1CN2c3c(cc4c(N(C)C(=O)O[C@@H](C)CF)noc4c3F)CC34C(=O)NC(=O)NC3=N[C@]24[C@H](C)O1. The molecule has 2 aromatic rings. The monoisotopic (exact) mass is 518 g/mol. The molecule has 0 bridgehead atoms. The molecular formula is C23H24F2N6O6. The molecule has 14 heteroatoms. The zero-order chi connectivity index (χ0) is 26.4. The van der Waals surface area contributed by atoms with Crippen molar-refractivity contribution < 1.29 is 37.2 Å². The summed E-state index contributed by atoms with van der Waals surface area (Å²) in [6, 6.07) is 0.912. The molecule has 2 N–H and O–H groups in total. The maximum Gasteiger partial charge on any atom is 0.415 e. The number of morpholine rings is 1. The highest BCUT2D eigenvalue weighted by Crippen LogP contribution is 2.60. The number of imide groups is 1. The molecule has 37 heavy (non-hydrogen) atoms. The maximum atomic E-state index is 16.2. The number of fused-ring (bicyclic) bond motifs is 3. The number of nitrogens with zero attached hydrogens (tertiary/aromatic N) is 4. The van der Waals surface area contributed by atoms with Gasteiger partial charge < -0.3 is 18.9 Å². The number of urea groups is 1. The third-order valence-electron chi connectivity index (χ3n) is 7.59. The molecule has 2 fully saturated rings. The summed E-state index contributed by atoms with van der Waals surface area (Å²) in [4.78, 5) is 45.3. The van der Waals surface area contributed by atoms with Crippen molar-refractivity contribution in [3.63, 3.8) is 0 Å². The van der Waals surface area contributed by atoms with E-state index in [4.69, 9.17) is 14.0 Å². The Morgan fingerprint density at radius 3 is 2.84 bits per heavy atom. The second-order valence-electron chi connectivity index (χ2n) is 9.87. The van der Waals surface area contributed by atoms with Crippen molar-refractivity contribution in [2.45, 2.75) is 51.2 Å². The van der Waals surface area contributed by atoms with Crippen molar-refractivity contribution in [1.82, 2.24) is 15.8 Å². The van der Waals surface area contributed by atoms with Gasteiger partial charge in [0.2, 0.25) is 11.5 Å². The molecule has 5 heterocycles. The highest BCUT2D eigenvalue weighted by molar-refractivity contribution is 6.26. The average molecular weight is 518 g/mol. The van der Waals surface area contributed by atoms with Gasteiger partial charge in [0.05, 0.1) is 17.2 Å². The Balaban J connectivity index is 1.52. The number of hydrogen-bond acceptors (Lipinski definition) is 9. The standard InChI is InChI=1S/C23H24F2N6O6/c1-9(7-24)36-21(34)30(4)17-13-5-12-6-22-18(26-20(33)27-19(22)32)28-23(22)11(3)35-10(2)8-31(23)15(12)14(25)16(13)37-29-17/h5,9-11H,6-8H2,1-4H3,(H2,26,27,28,32,33)/t9-,10+,11-,22?,23+/m0/s1. The minimum Gasteiger partial charge on any atom is -0.443 e. The van der Waals surface area contributed by atoms with Crippen molar-refractivity contribution in [2.75, 3.05) is 30.1 Å². The van der Waals surface area contributed by atoms with Gasteiger partial charge in [-0.05, 0) is 32.4 Å². The normalized spacial score (nSPS) is 30.5. The first-order valence-corrected chi connectivity index (χ1v) is 11.8. The zero-order valence-corrected chi connectivity index (χ0v) is 20.4. The van der Waals surface area contributed by atoms with Crippen LogP contribution in [-0.4, -0.2) is 73.3 Å². The first-order chi connectivity index (χ1) is 17.5. The summed E-state index contributed by atoms with van der Waals surface area (Å²) in [5, 5.41) is 8.99. The molecule has 4 aliphatic rings. The van der Waals surface area contributed by atoms with E-state index in [1.165, 1.54) is 14.0 Å². The smallest absolute Gasteiger partial charge is 0.415 e. The van der Waals surface area contributed by atoms with Crippen LogP contribution in [0.15, 0.2) is 15.6 Å². The van der Waals surface area contributed by atoms with Gasteiger partial charge in [-0.1, -0.05) is 5.16 Å². The molecule has 4 aliphatic heterocycles. The summed E-state index contributed by atoms with van der Waals surface area (Å²) in [5.74, 6) is -1.14. The molecule has 5 atom stereocenters. The van der Waals surface area contributed by atoms with E-state index in [2.05, 4.69) is 20.8 Å². The number of carbonyl (C=O) groups excluding carboxylic acids is 3. The fraction of sp³-hybridized carbons (Fsp3) is 0.522. The van der Waals surface area contributed by atoms with Crippen molar-refractivity contribution in [2.24, 2.45) is 10.4 Å². The highest BCUT2D eigenvalue weighted by atomic mass is 19.1. The lowest BCUT2D eigenvalue weighted by atomic mass is 9.58. The molecule has 12 nitrogen and oxygen atoms in total. The predicted molar refractivity (Wildman–Crippen MR) is 125 cm³/mol. The average Bonchev–Trinajstić information content (AvgIpc) is 3.25. The highest BCUT2D eigenvalue weighted by Gasteiger charge is 2.77. The van der Waals surface area contributed by atoms with Crippen LogP contribution in [0.4, 0.5) is 29.9 Å². The summed E-state index contributed by atoms with van der Waals surface area (Å²) in [5.41, 5.74) is -2.21. The lowest BCUT2D eigenvalue weighted by Gasteiger charge is -2.67. The van der Waals surface area contributed by atoms with Gasteiger partial charge in [-0.25, -0.2) is 23.4 Å². The molecule has 0 radical (unpaired) electrons. The number of aliphatic imine (C=N–C) groups is 1. The molecule has 2 spiro atoms. The van der Waals surface area contributed by atoms with Gasteiger partial charge >= 0.3 is 12.1 Å². The number of nitrogens with one attached hydrogen (secondary N) is 2. The fourth-order valence-electron chi connectivity index (χ4n) is 6.02. The minimum atomic E-state index is -1.34. The quantitative estimate of drug-likeness (QED) is 0.629. The van der Waals surface area contributed by atoms with Crippen LogP contribution in [0.25, 0.3) is 11.0 Å². The van der Waals surface area contributed by atoms with Gasteiger partial charge in [0.25, 0.3) is 0 Å². The number of benzene rings is 1. The number of aromatic nitrogens is 1. The Bertz CT molecular complexity index is 1410. The molecule has 1 unspecified atom stereocenters. The largest absolute Gasteiger partial charge is 0.443 e. The number of ether oxygens (including phenoxy) is 2. The molecule has 4 amide bonds. The first kappa shape index (κ1) is 23.6. The number of amides is 4. The van der Waals surface area contributed by atoms with Crippen molar-refractivity contribution in [3.8, 4) is 0 Å². The van der Waals surface area contributed by atoms with Crippen molar-refractivity contribution in [3.05, 3.63) is 17.4 Å². The molecule has 2 saturated heterocycles. The number of rotatable bonds is 3. The Kier molecular flexibility index (Phi) is 4.84. The molecule has 1 aromatic heterocycles. The molecular weight excluding hydrogens is 494 g/mol. The van der Waals surface area contributed by atoms with E-state index in [-0.39, 0.29) is 47.4 Å². The molecule has 1 aromatic carbocycles. The Morgan fingerprint density at radius 1 is 1.38 bits per heavy atom. The summed E-state index contributed by atoms with van der Waals surface area (Å²) >= 11 is 0. The van der Waals surface area contributed by atoms with E-state index in [1.807, 2.05) is 6.92 Å². The third kappa shape index (κ3) is 2.81. The first-order valence-electron chi connectivity index (χ1n) is 11.8. The van der Waals surface area contributed by atoms with Gasteiger partial charge in [-0.2, -0.15) is 0 Å². The van der Waals surface area contributed by atoms with Crippen LogP contribution in [0.5, 0.6) is 0 Å². The molecule has 196 valence electrons. The number of anilines is 2.